The lowest BCUT2D eigenvalue weighted by molar-refractivity contribution is 0.0953. The average Bonchev–Trinajstić information content (AvgIpc) is 2.66. The normalized spacial score (nSPS) is 10.3. The lowest BCUT2D eigenvalue weighted by Crippen LogP contribution is -2.24. The lowest BCUT2D eigenvalue weighted by Gasteiger charge is -2.09. The Bertz CT molecular complexity index is 656. The van der Waals surface area contributed by atoms with Gasteiger partial charge in [-0.25, -0.2) is 4.98 Å². The van der Waals surface area contributed by atoms with Crippen LogP contribution in [0.1, 0.15) is 42.1 Å². The smallest absolute Gasteiger partial charge is 0.251 e. The predicted octanol–water partition coefficient (Wildman–Crippen LogP) is 3.66. The van der Waals surface area contributed by atoms with Crippen molar-refractivity contribution in [2.24, 2.45) is 0 Å². The first-order valence-electron chi connectivity index (χ1n) is 8.84. The van der Waals surface area contributed by atoms with Crippen LogP contribution in [0.15, 0.2) is 42.6 Å². The number of ether oxygens (including phenoxy) is 1. The van der Waals surface area contributed by atoms with E-state index in [1.165, 1.54) is 5.56 Å². The van der Waals surface area contributed by atoms with Crippen LogP contribution in [0.25, 0.3) is 0 Å². The number of nitrogens with zero attached hydrogens (tertiary/aromatic N) is 1. The molecule has 0 saturated carbocycles. The number of carbonyl (C=O) groups is 1. The van der Waals surface area contributed by atoms with Crippen LogP contribution in [0.4, 0.5) is 5.82 Å². The molecular formula is C20H27N3O2. The van der Waals surface area contributed by atoms with E-state index in [0.717, 1.165) is 50.3 Å². The molecule has 0 aliphatic carbocycles. The minimum atomic E-state index is -0.0447. The molecule has 5 heteroatoms. The Kier molecular flexibility index (Phi) is 7.76. The number of methoxy groups -OCH3 is 1. The fourth-order valence-electron chi connectivity index (χ4n) is 2.47. The molecule has 25 heavy (non-hydrogen) atoms. The van der Waals surface area contributed by atoms with Gasteiger partial charge in [0, 0.05) is 24.8 Å². The first kappa shape index (κ1) is 18.8. The second kappa shape index (κ2) is 10.3. The Morgan fingerprint density at radius 3 is 2.64 bits per heavy atom. The summed E-state index contributed by atoms with van der Waals surface area (Å²) in [4.78, 5) is 16.4. The zero-order valence-corrected chi connectivity index (χ0v) is 15.0. The van der Waals surface area contributed by atoms with Crippen molar-refractivity contribution in [2.45, 2.75) is 32.6 Å². The molecule has 0 bridgehead atoms. The largest absolute Gasteiger partial charge is 0.497 e. The Hall–Kier alpha value is -2.56. The van der Waals surface area contributed by atoms with E-state index in [1.54, 1.807) is 25.4 Å². The summed E-state index contributed by atoms with van der Waals surface area (Å²) < 4.78 is 5.16. The van der Waals surface area contributed by atoms with Gasteiger partial charge in [0.15, 0.2) is 0 Å². The lowest BCUT2D eigenvalue weighted by atomic mass is 10.1. The molecule has 1 amide bonds. The van der Waals surface area contributed by atoms with Crippen LogP contribution in [0, 0.1) is 0 Å². The number of benzene rings is 1. The molecule has 0 atom stereocenters. The first-order chi connectivity index (χ1) is 12.2. The molecule has 0 radical (unpaired) electrons. The van der Waals surface area contributed by atoms with E-state index in [-0.39, 0.29) is 5.91 Å². The highest BCUT2D eigenvalue weighted by atomic mass is 16.5. The number of unbranched alkanes of at least 4 members (excludes halogenated alkanes) is 2. The quantitative estimate of drug-likeness (QED) is 0.647. The van der Waals surface area contributed by atoms with E-state index in [1.807, 2.05) is 24.3 Å². The van der Waals surface area contributed by atoms with Gasteiger partial charge in [-0.15, -0.1) is 0 Å². The van der Waals surface area contributed by atoms with E-state index < -0.39 is 0 Å². The standard InChI is InChI=1S/C20H27N3O2/c1-3-4-5-12-23-20(24)17-11-14-22-19(15-17)21-13-10-16-6-8-18(25-2)9-7-16/h6-9,11,14-15H,3-5,10,12-13H2,1-2H3,(H,21,22)(H,23,24). The van der Waals surface area contributed by atoms with Gasteiger partial charge in [0.1, 0.15) is 11.6 Å². The second-order valence-electron chi connectivity index (χ2n) is 5.92. The van der Waals surface area contributed by atoms with Crippen molar-refractivity contribution >= 4 is 11.7 Å². The molecule has 2 N–H and O–H groups in total. The topological polar surface area (TPSA) is 63.2 Å². The summed E-state index contributed by atoms with van der Waals surface area (Å²) in [6, 6.07) is 11.5. The summed E-state index contributed by atoms with van der Waals surface area (Å²) >= 11 is 0. The molecule has 0 fully saturated rings. The fraction of sp³-hybridized carbons (Fsp3) is 0.400. The summed E-state index contributed by atoms with van der Waals surface area (Å²) in [5, 5.41) is 6.22. The molecule has 1 aromatic heterocycles. The summed E-state index contributed by atoms with van der Waals surface area (Å²) in [5.74, 6) is 1.53. The van der Waals surface area contributed by atoms with Crippen LogP contribution in [0.3, 0.4) is 0 Å². The number of pyridine rings is 1. The highest BCUT2D eigenvalue weighted by Crippen LogP contribution is 2.12. The predicted molar refractivity (Wildman–Crippen MR) is 101 cm³/mol. The van der Waals surface area contributed by atoms with Crippen LogP contribution >= 0.6 is 0 Å². The molecule has 1 heterocycles. The SMILES string of the molecule is CCCCCNC(=O)c1ccnc(NCCc2ccc(OC)cc2)c1. The number of nitrogens with one attached hydrogen (secondary N) is 2. The van der Waals surface area contributed by atoms with Crippen LogP contribution in [0.2, 0.25) is 0 Å². The molecule has 0 aliphatic heterocycles. The van der Waals surface area contributed by atoms with Crippen molar-refractivity contribution in [3.63, 3.8) is 0 Å². The highest BCUT2D eigenvalue weighted by Gasteiger charge is 2.06. The van der Waals surface area contributed by atoms with Crippen LogP contribution < -0.4 is 15.4 Å². The zero-order chi connectivity index (χ0) is 17.9. The Morgan fingerprint density at radius 1 is 1.12 bits per heavy atom. The summed E-state index contributed by atoms with van der Waals surface area (Å²) in [6.45, 7) is 3.62. The molecule has 0 unspecified atom stereocenters. The van der Waals surface area contributed by atoms with Crippen LogP contribution in [0.5, 0.6) is 5.75 Å². The number of carbonyl (C=O) groups excluding carboxylic acids is 1. The van der Waals surface area contributed by atoms with Crippen LogP contribution in [-0.4, -0.2) is 31.1 Å². The second-order valence-corrected chi connectivity index (χ2v) is 5.92. The molecule has 5 nitrogen and oxygen atoms in total. The van der Waals surface area contributed by atoms with E-state index in [2.05, 4.69) is 22.5 Å². The van der Waals surface area contributed by atoms with E-state index >= 15 is 0 Å². The molecular weight excluding hydrogens is 314 g/mol. The summed E-state index contributed by atoms with van der Waals surface area (Å²) in [7, 11) is 1.66. The fourth-order valence-corrected chi connectivity index (χ4v) is 2.47. The van der Waals surface area contributed by atoms with Gasteiger partial charge >= 0.3 is 0 Å². The molecule has 0 aliphatic rings. The van der Waals surface area contributed by atoms with Crippen molar-refractivity contribution in [1.29, 1.82) is 0 Å². The Labute approximate surface area is 149 Å². The van der Waals surface area contributed by atoms with Gasteiger partial charge in [-0.05, 0) is 42.7 Å². The maximum absolute atomic E-state index is 12.1. The molecule has 0 saturated heterocycles. The highest BCUT2D eigenvalue weighted by molar-refractivity contribution is 5.94. The number of aromatic nitrogens is 1. The van der Waals surface area contributed by atoms with Gasteiger partial charge in [0.2, 0.25) is 0 Å². The van der Waals surface area contributed by atoms with Gasteiger partial charge in [0.25, 0.3) is 5.91 Å². The van der Waals surface area contributed by atoms with Gasteiger partial charge < -0.3 is 15.4 Å². The number of amides is 1. The number of hydrogen-bond acceptors (Lipinski definition) is 4. The van der Waals surface area contributed by atoms with Crippen molar-refractivity contribution < 1.29 is 9.53 Å². The van der Waals surface area contributed by atoms with E-state index in [0.29, 0.717) is 5.56 Å². The monoisotopic (exact) mass is 341 g/mol. The Balaban J connectivity index is 1.80. The average molecular weight is 341 g/mol. The van der Waals surface area contributed by atoms with Gasteiger partial charge in [-0.1, -0.05) is 31.9 Å². The summed E-state index contributed by atoms with van der Waals surface area (Å²) in [5.41, 5.74) is 1.86. The third kappa shape index (κ3) is 6.45. The molecule has 2 rings (SSSR count). The van der Waals surface area contributed by atoms with E-state index in [4.69, 9.17) is 4.74 Å². The number of hydrogen-bond donors (Lipinski definition) is 2. The maximum Gasteiger partial charge on any atom is 0.251 e. The Morgan fingerprint density at radius 2 is 1.92 bits per heavy atom. The number of anilines is 1. The van der Waals surface area contributed by atoms with Crippen molar-refractivity contribution in [1.82, 2.24) is 10.3 Å². The number of rotatable bonds is 10. The molecule has 0 spiro atoms. The van der Waals surface area contributed by atoms with Gasteiger partial charge in [-0.3, -0.25) is 4.79 Å². The molecule has 2 aromatic rings. The maximum atomic E-state index is 12.1. The minimum absolute atomic E-state index is 0.0447. The minimum Gasteiger partial charge on any atom is -0.497 e. The zero-order valence-electron chi connectivity index (χ0n) is 15.0. The van der Waals surface area contributed by atoms with Crippen molar-refractivity contribution in [2.75, 3.05) is 25.5 Å². The van der Waals surface area contributed by atoms with E-state index in [9.17, 15) is 4.79 Å². The third-order valence-electron chi connectivity index (χ3n) is 3.97. The van der Waals surface area contributed by atoms with Gasteiger partial charge in [-0.2, -0.15) is 0 Å². The first-order valence-corrected chi connectivity index (χ1v) is 8.84. The molecule has 1 aromatic carbocycles. The van der Waals surface area contributed by atoms with Crippen molar-refractivity contribution in [3.05, 3.63) is 53.7 Å². The third-order valence-corrected chi connectivity index (χ3v) is 3.97. The molecule has 134 valence electrons. The van der Waals surface area contributed by atoms with Crippen molar-refractivity contribution in [3.8, 4) is 5.75 Å². The van der Waals surface area contributed by atoms with Crippen LogP contribution in [-0.2, 0) is 6.42 Å². The van der Waals surface area contributed by atoms with Gasteiger partial charge in [0.05, 0.1) is 7.11 Å². The summed E-state index contributed by atoms with van der Waals surface area (Å²) in [6.07, 6.45) is 5.83.